The number of rotatable bonds is 5. The van der Waals surface area contributed by atoms with Crippen LogP contribution in [-0.4, -0.2) is 37.1 Å². The van der Waals surface area contributed by atoms with Crippen molar-refractivity contribution in [1.82, 2.24) is 10.3 Å². The Kier molecular flexibility index (Phi) is 6.68. The number of aromatic nitrogens is 1. The Morgan fingerprint density at radius 3 is 2.50 bits per heavy atom. The number of nitrogens with zero attached hydrogens (tertiary/aromatic N) is 2. The first-order chi connectivity index (χ1) is 13.3. The third kappa shape index (κ3) is 4.89. The molecule has 2 unspecified atom stereocenters. The maximum Gasteiger partial charge on any atom is 0.251 e. The fraction of sp³-hybridized carbons (Fsp3) is 0.429. The van der Waals surface area contributed by atoms with Gasteiger partial charge in [-0.15, -0.1) is 0 Å². The van der Waals surface area contributed by atoms with Crippen LogP contribution < -0.4 is 15.5 Å². The molecule has 1 aromatic carbocycles. The summed E-state index contributed by atoms with van der Waals surface area (Å²) in [6.45, 7) is 2.05. The molecule has 1 fully saturated rings. The van der Waals surface area contributed by atoms with Crippen LogP contribution in [0, 0.1) is 6.92 Å². The molecule has 0 saturated heterocycles. The van der Waals surface area contributed by atoms with E-state index in [4.69, 9.17) is 23.2 Å². The van der Waals surface area contributed by atoms with Gasteiger partial charge in [0.1, 0.15) is 5.82 Å². The molecule has 2 N–H and O–H groups in total. The van der Waals surface area contributed by atoms with Crippen LogP contribution in [0.3, 0.4) is 0 Å². The van der Waals surface area contributed by atoms with Crippen molar-refractivity contribution in [3.63, 3.8) is 0 Å². The van der Waals surface area contributed by atoms with E-state index in [9.17, 15) is 4.79 Å². The molecule has 0 aliphatic heterocycles. The highest BCUT2D eigenvalue weighted by Crippen LogP contribution is 2.26. The third-order valence-electron chi connectivity index (χ3n) is 5.15. The highest BCUT2D eigenvalue weighted by atomic mass is 35.5. The molecule has 0 spiro atoms. The average Bonchev–Trinajstić information content (AvgIpc) is 2.66. The maximum atomic E-state index is 12.7. The fourth-order valence-corrected chi connectivity index (χ4v) is 3.93. The summed E-state index contributed by atoms with van der Waals surface area (Å²) in [6.07, 6.45) is 6.01. The fourth-order valence-electron chi connectivity index (χ4n) is 3.63. The lowest BCUT2D eigenvalue weighted by Gasteiger charge is -2.33. The van der Waals surface area contributed by atoms with Gasteiger partial charge in [0.15, 0.2) is 0 Å². The molecule has 2 aromatic rings. The SMILES string of the molecule is Cc1cnc(NC2CCCCC2NC(=O)c2ccc(Cl)c(Cl)c2)cc1N(C)C. The van der Waals surface area contributed by atoms with Crippen LogP contribution in [-0.2, 0) is 0 Å². The number of aryl methyl sites for hydroxylation is 1. The normalized spacial score (nSPS) is 19.2. The van der Waals surface area contributed by atoms with E-state index in [2.05, 4.69) is 26.6 Å². The molecule has 3 rings (SSSR count). The van der Waals surface area contributed by atoms with Gasteiger partial charge in [-0.25, -0.2) is 4.98 Å². The summed E-state index contributed by atoms with van der Waals surface area (Å²) >= 11 is 12.0. The van der Waals surface area contributed by atoms with E-state index in [-0.39, 0.29) is 18.0 Å². The van der Waals surface area contributed by atoms with Crippen molar-refractivity contribution in [1.29, 1.82) is 0 Å². The molecule has 0 bridgehead atoms. The van der Waals surface area contributed by atoms with E-state index in [1.807, 2.05) is 27.2 Å². The molecule has 1 saturated carbocycles. The Hall–Kier alpha value is -1.98. The van der Waals surface area contributed by atoms with Gasteiger partial charge in [0.25, 0.3) is 5.91 Å². The molecule has 1 aliphatic rings. The van der Waals surface area contributed by atoms with Crippen molar-refractivity contribution in [2.75, 3.05) is 24.3 Å². The molecule has 28 heavy (non-hydrogen) atoms. The number of halogens is 2. The predicted molar refractivity (Wildman–Crippen MR) is 117 cm³/mol. The van der Waals surface area contributed by atoms with E-state index in [0.717, 1.165) is 42.8 Å². The van der Waals surface area contributed by atoms with Gasteiger partial charge in [-0.05, 0) is 43.5 Å². The first-order valence-corrected chi connectivity index (χ1v) is 10.3. The van der Waals surface area contributed by atoms with E-state index >= 15 is 0 Å². The minimum Gasteiger partial charge on any atom is -0.377 e. The Bertz CT molecular complexity index is 856. The van der Waals surface area contributed by atoms with Crippen molar-refractivity contribution >= 4 is 40.6 Å². The number of hydrogen-bond acceptors (Lipinski definition) is 4. The number of carbonyl (C=O) groups is 1. The van der Waals surface area contributed by atoms with Crippen LogP contribution in [0.15, 0.2) is 30.5 Å². The standard InChI is InChI=1S/C21H26Cl2N4O/c1-13-12-24-20(11-19(13)27(2)3)25-17-6-4-5-7-18(17)26-21(28)14-8-9-15(22)16(23)10-14/h8-12,17-18H,4-7H2,1-3H3,(H,24,25)(H,26,28). The van der Waals surface area contributed by atoms with Crippen molar-refractivity contribution in [2.45, 2.75) is 44.7 Å². The number of amides is 1. The number of carbonyl (C=O) groups excluding carboxylic acids is 1. The average molecular weight is 421 g/mol. The lowest BCUT2D eigenvalue weighted by atomic mass is 9.90. The van der Waals surface area contributed by atoms with E-state index in [0.29, 0.717) is 15.6 Å². The zero-order valence-electron chi connectivity index (χ0n) is 16.4. The minimum atomic E-state index is -0.136. The highest BCUT2D eigenvalue weighted by Gasteiger charge is 2.27. The van der Waals surface area contributed by atoms with Gasteiger partial charge in [0.2, 0.25) is 0 Å². The summed E-state index contributed by atoms with van der Waals surface area (Å²) in [5, 5.41) is 7.51. The van der Waals surface area contributed by atoms with E-state index < -0.39 is 0 Å². The van der Waals surface area contributed by atoms with Gasteiger partial charge in [-0.1, -0.05) is 36.0 Å². The second kappa shape index (κ2) is 9.01. The molecule has 1 aromatic heterocycles. The smallest absolute Gasteiger partial charge is 0.251 e. The number of hydrogen-bond donors (Lipinski definition) is 2. The van der Waals surface area contributed by atoms with Crippen LogP contribution in [0.4, 0.5) is 11.5 Å². The topological polar surface area (TPSA) is 57.3 Å². The molecular formula is C21H26Cl2N4O. The summed E-state index contributed by atoms with van der Waals surface area (Å²) < 4.78 is 0. The van der Waals surface area contributed by atoms with Gasteiger partial charge in [-0.3, -0.25) is 4.79 Å². The quantitative estimate of drug-likeness (QED) is 0.720. The van der Waals surface area contributed by atoms with Crippen molar-refractivity contribution in [2.24, 2.45) is 0 Å². The largest absolute Gasteiger partial charge is 0.377 e. The number of pyridine rings is 1. The van der Waals surface area contributed by atoms with Crippen molar-refractivity contribution in [3.8, 4) is 0 Å². The zero-order valence-corrected chi connectivity index (χ0v) is 17.9. The first kappa shape index (κ1) is 20.7. The Labute approximate surface area is 176 Å². The van der Waals surface area contributed by atoms with Crippen molar-refractivity contribution < 1.29 is 4.79 Å². The molecule has 1 heterocycles. The molecule has 2 atom stereocenters. The van der Waals surface area contributed by atoms with Gasteiger partial charge in [-0.2, -0.15) is 0 Å². The number of benzene rings is 1. The Morgan fingerprint density at radius 2 is 1.82 bits per heavy atom. The molecule has 1 aliphatic carbocycles. The van der Waals surface area contributed by atoms with E-state index in [1.54, 1.807) is 18.2 Å². The highest BCUT2D eigenvalue weighted by molar-refractivity contribution is 6.42. The summed E-state index contributed by atoms with van der Waals surface area (Å²) in [7, 11) is 4.04. The molecular weight excluding hydrogens is 395 g/mol. The van der Waals surface area contributed by atoms with Crippen LogP contribution in [0.5, 0.6) is 0 Å². The second-order valence-corrected chi connectivity index (χ2v) is 8.31. The van der Waals surface area contributed by atoms with Gasteiger partial charge < -0.3 is 15.5 Å². The lowest BCUT2D eigenvalue weighted by molar-refractivity contribution is 0.0923. The molecule has 1 amide bonds. The monoisotopic (exact) mass is 420 g/mol. The lowest BCUT2D eigenvalue weighted by Crippen LogP contribution is -2.48. The molecule has 150 valence electrons. The van der Waals surface area contributed by atoms with E-state index in [1.165, 1.54) is 0 Å². The zero-order chi connectivity index (χ0) is 20.3. The summed E-state index contributed by atoms with van der Waals surface area (Å²) in [4.78, 5) is 19.3. The summed E-state index contributed by atoms with van der Waals surface area (Å²) in [5.41, 5.74) is 2.77. The second-order valence-electron chi connectivity index (χ2n) is 7.49. The number of anilines is 2. The summed E-state index contributed by atoms with van der Waals surface area (Å²) in [5.74, 6) is 0.693. The van der Waals surface area contributed by atoms with Crippen LogP contribution >= 0.6 is 23.2 Å². The van der Waals surface area contributed by atoms with Gasteiger partial charge >= 0.3 is 0 Å². The molecule has 5 nitrogen and oxygen atoms in total. The van der Waals surface area contributed by atoms with Gasteiger partial charge in [0, 0.05) is 49.7 Å². The van der Waals surface area contributed by atoms with Gasteiger partial charge in [0.05, 0.1) is 10.0 Å². The first-order valence-electron chi connectivity index (χ1n) is 9.51. The number of nitrogens with one attached hydrogen (secondary N) is 2. The maximum absolute atomic E-state index is 12.7. The van der Waals surface area contributed by atoms with Crippen LogP contribution in [0.2, 0.25) is 10.0 Å². The Balaban J connectivity index is 1.72. The minimum absolute atomic E-state index is 0.0293. The summed E-state index contributed by atoms with van der Waals surface area (Å²) in [6, 6.07) is 7.16. The Morgan fingerprint density at radius 1 is 1.11 bits per heavy atom. The third-order valence-corrected chi connectivity index (χ3v) is 5.89. The molecule has 0 radical (unpaired) electrons. The molecule has 7 heteroatoms. The van der Waals surface area contributed by atoms with Crippen LogP contribution in [0.25, 0.3) is 0 Å². The van der Waals surface area contributed by atoms with Crippen LogP contribution in [0.1, 0.15) is 41.6 Å². The predicted octanol–water partition coefficient (Wildman–Crippen LogP) is 4.92. The van der Waals surface area contributed by atoms with Crippen molar-refractivity contribution in [3.05, 3.63) is 51.6 Å².